The molecule has 0 spiro atoms. The van der Waals surface area contributed by atoms with E-state index in [1.807, 2.05) is 61.5 Å². The van der Waals surface area contributed by atoms with E-state index < -0.39 is 0 Å². The second-order valence-corrected chi connectivity index (χ2v) is 6.64. The minimum atomic E-state index is -0.262. The molecule has 3 aromatic rings. The molecule has 0 amide bonds. The first-order valence-corrected chi connectivity index (χ1v) is 8.51. The molecule has 1 fully saturated rings. The number of ether oxygens (including phenoxy) is 1. The zero-order valence-electron chi connectivity index (χ0n) is 14.0. The topological polar surface area (TPSA) is 59.2 Å². The Bertz CT molecular complexity index is 942. The second kappa shape index (κ2) is 6.20. The van der Waals surface area contributed by atoms with Crippen LogP contribution in [0.1, 0.15) is 23.7 Å². The number of hydrogen-bond acceptors (Lipinski definition) is 3. The van der Waals surface area contributed by atoms with Crippen molar-refractivity contribution in [1.29, 1.82) is 0 Å². The molecule has 1 saturated carbocycles. The molecule has 1 aliphatic carbocycles. The monoisotopic (exact) mass is 333 g/mol. The number of rotatable bonds is 5. The van der Waals surface area contributed by atoms with Gasteiger partial charge in [0.05, 0.1) is 17.2 Å². The molecule has 0 bridgehead atoms. The molecule has 0 unspecified atom stereocenters. The molecule has 0 saturated heterocycles. The number of esters is 1. The number of aromatic nitrogens is 1. The summed E-state index contributed by atoms with van der Waals surface area (Å²) in [5, 5.41) is 0.849. The minimum Gasteiger partial charge on any atom is -0.457 e. The normalized spacial score (nSPS) is 18.9. The van der Waals surface area contributed by atoms with Crippen LogP contribution in [-0.2, 0) is 9.53 Å². The standard InChI is InChI=1S/C21H19NO3/c1-13-11-16(13)21(24)25-12-18(23)19-15-9-5-6-10-17(15)22-20(19)14-7-3-2-4-8-14/h2-10,13,16,22H,11-12H2,1H3/t13-,16+/m1/s1. The molecule has 2 aromatic carbocycles. The van der Waals surface area contributed by atoms with E-state index in [4.69, 9.17) is 4.74 Å². The van der Waals surface area contributed by atoms with E-state index in [1.54, 1.807) is 0 Å². The molecule has 0 aliphatic heterocycles. The van der Waals surface area contributed by atoms with Gasteiger partial charge >= 0.3 is 5.97 Å². The van der Waals surface area contributed by atoms with Crippen molar-refractivity contribution in [3.8, 4) is 11.3 Å². The summed E-state index contributed by atoms with van der Waals surface area (Å²) in [6.07, 6.45) is 0.857. The number of Topliss-reactive ketones (excluding diaryl/α,β-unsaturated/α-hetero) is 1. The van der Waals surface area contributed by atoms with Crippen molar-refractivity contribution in [3.05, 3.63) is 60.2 Å². The van der Waals surface area contributed by atoms with Gasteiger partial charge in [-0.1, -0.05) is 55.5 Å². The Kier molecular flexibility index (Phi) is 3.88. The summed E-state index contributed by atoms with van der Waals surface area (Å²) in [7, 11) is 0. The quantitative estimate of drug-likeness (QED) is 0.562. The zero-order valence-corrected chi connectivity index (χ0v) is 14.0. The van der Waals surface area contributed by atoms with Gasteiger partial charge < -0.3 is 9.72 Å². The van der Waals surface area contributed by atoms with Crippen LogP contribution < -0.4 is 0 Å². The maximum absolute atomic E-state index is 12.8. The summed E-state index contributed by atoms with van der Waals surface area (Å²) < 4.78 is 5.26. The van der Waals surface area contributed by atoms with E-state index in [9.17, 15) is 9.59 Å². The summed E-state index contributed by atoms with van der Waals surface area (Å²) in [5.41, 5.74) is 3.18. The SMILES string of the molecule is C[C@@H]1C[C@@H]1C(=O)OCC(=O)c1c(-c2ccccc2)[nH]c2ccccc12. The summed E-state index contributed by atoms with van der Waals surface area (Å²) in [4.78, 5) is 28.1. The van der Waals surface area contributed by atoms with Crippen LogP contribution in [-0.4, -0.2) is 23.3 Å². The van der Waals surface area contributed by atoms with Gasteiger partial charge in [-0.15, -0.1) is 0 Å². The van der Waals surface area contributed by atoms with Gasteiger partial charge in [0.25, 0.3) is 0 Å². The Labute approximate surface area is 145 Å². The van der Waals surface area contributed by atoms with Crippen LogP contribution >= 0.6 is 0 Å². The summed E-state index contributed by atoms with van der Waals surface area (Å²) >= 11 is 0. The first-order chi connectivity index (χ1) is 12.1. The van der Waals surface area contributed by atoms with Crippen molar-refractivity contribution >= 4 is 22.7 Å². The van der Waals surface area contributed by atoms with Crippen LogP contribution in [0.3, 0.4) is 0 Å². The van der Waals surface area contributed by atoms with Gasteiger partial charge in [-0.3, -0.25) is 9.59 Å². The molecule has 1 N–H and O–H groups in total. The summed E-state index contributed by atoms with van der Waals surface area (Å²) in [5.74, 6) is -0.111. The third-order valence-electron chi connectivity index (χ3n) is 4.81. The second-order valence-electron chi connectivity index (χ2n) is 6.64. The first kappa shape index (κ1) is 15.6. The van der Waals surface area contributed by atoms with Crippen molar-refractivity contribution in [2.45, 2.75) is 13.3 Å². The smallest absolute Gasteiger partial charge is 0.309 e. The Morgan fingerprint density at radius 2 is 1.76 bits per heavy atom. The molecule has 4 rings (SSSR count). The van der Waals surface area contributed by atoms with E-state index in [0.29, 0.717) is 11.5 Å². The third kappa shape index (κ3) is 2.95. The predicted molar refractivity (Wildman–Crippen MR) is 96.3 cm³/mol. The van der Waals surface area contributed by atoms with E-state index in [0.717, 1.165) is 28.6 Å². The van der Waals surface area contributed by atoms with E-state index in [2.05, 4.69) is 4.98 Å². The zero-order chi connectivity index (χ0) is 17.4. The Balaban J connectivity index is 1.67. The van der Waals surface area contributed by atoms with E-state index in [-0.39, 0.29) is 24.3 Å². The third-order valence-corrected chi connectivity index (χ3v) is 4.81. The summed E-state index contributed by atoms with van der Waals surface area (Å²) in [6.45, 7) is 1.80. The van der Waals surface area contributed by atoms with Crippen molar-refractivity contribution in [1.82, 2.24) is 4.98 Å². The maximum Gasteiger partial charge on any atom is 0.309 e. The number of para-hydroxylation sites is 1. The molecule has 25 heavy (non-hydrogen) atoms. The van der Waals surface area contributed by atoms with Crippen molar-refractivity contribution in [2.75, 3.05) is 6.61 Å². The van der Waals surface area contributed by atoms with Gasteiger partial charge in [-0.05, 0) is 24.0 Å². The molecule has 126 valence electrons. The molecule has 1 heterocycles. The lowest BCUT2D eigenvalue weighted by Crippen LogP contribution is -2.16. The first-order valence-electron chi connectivity index (χ1n) is 8.51. The molecule has 1 aliphatic rings. The molecule has 0 radical (unpaired) electrons. The highest BCUT2D eigenvalue weighted by molar-refractivity contribution is 6.14. The van der Waals surface area contributed by atoms with Crippen molar-refractivity contribution in [2.24, 2.45) is 11.8 Å². The number of aromatic amines is 1. The lowest BCUT2D eigenvalue weighted by Gasteiger charge is -2.06. The van der Waals surface area contributed by atoms with Crippen LogP contribution in [0.5, 0.6) is 0 Å². The number of benzene rings is 2. The average molecular weight is 333 g/mol. The van der Waals surface area contributed by atoms with E-state index in [1.165, 1.54) is 0 Å². The van der Waals surface area contributed by atoms with Crippen LogP contribution in [0.15, 0.2) is 54.6 Å². The Morgan fingerprint density at radius 3 is 2.48 bits per heavy atom. The summed E-state index contributed by atoms with van der Waals surface area (Å²) in [6, 6.07) is 17.4. The number of carbonyl (C=O) groups excluding carboxylic acids is 2. The van der Waals surface area contributed by atoms with Crippen LogP contribution in [0.4, 0.5) is 0 Å². The van der Waals surface area contributed by atoms with Gasteiger partial charge in [-0.25, -0.2) is 0 Å². The highest BCUT2D eigenvalue weighted by Crippen LogP contribution is 2.38. The van der Waals surface area contributed by atoms with Gasteiger partial charge in [0.15, 0.2) is 6.61 Å². The van der Waals surface area contributed by atoms with Gasteiger partial charge in [-0.2, -0.15) is 0 Å². The predicted octanol–water partition coefficient (Wildman–Crippen LogP) is 4.22. The molecular formula is C21H19NO3. The van der Waals surface area contributed by atoms with Crippen molar-refractivity contribution < 1.29 is 14.3 Å². The lowest BCUT2D eigenvalue weighted by atomic mass is 10.0. The number of ketones is 1. The van der Waals surface area contributed by atoms with Gasteiger partial charge in [0, 0.05) is 10.9 Å². The highest BCUT2D eigenvalue weighted by Gasteiger charge is 2.40. The number of H-pyrrole nitrogens is 1. The van der Waals surface area contributed by atoms with Crippen LogP contribution in [0, 0.1) is 11.8 Å². The minimum absolute atomic E-state index is 0.0376. The van der Waals surface area contributed by atoms with Gasteiger partial charge in [0.1, 0.15) is 0 Å². The van der Waals surface area contributed by atoms with Gasteiger partial charge in [0.2, 0.25) is 5.78 Å². The molecule has 4 heteroatoms. The highest BCUT2D eigenvalue weighted by atomic mass is 16.5. The van der Waals surface area contributed by atoms with Crippen molar-refractivity contribution in [3.63, 3.8) is 0 Å². The maximum atomic E-state index is 12.8. The number of hydrogen-bond donors (Lipinski definition) is 1. The molecule has 1 aromatic heterocycles. The fourth-order valence-electron chi connectivity index (χ4n) is 3.22. The fraction of sp³-hybridized carbons (Fsp3) is 0.238. The molecule has 4 nitrogen and oxygen atoms in total. The molecule has 2 atom stereocenters. The number of carbonyl (C=O) groups is 2. The van der Waals surface area contributed by atoms with E-state index >= 15 is 0 Å². The lowest BCUT2D eigenvalue weighted by molar-refractivity contribution is -0.144. The Hall–Kier alpha value is -2.88. The largest absolute Gasteiger partial charge is 0.457 e. The molecular weight excluding hydrogens is 314 g/mol. The average Bonchev–Trinajstić information content (AvgIpc) is 3.25. The van der Waals surface area contributed by atoms with Crippen LogP contribution in [0.25, 0.3) is 22.2 Å². The number of nitrogens with one attached hydrogen (secondary N) is 1. The Morgan fingerprint density at radius 1 is 1.08 bits per heavy atom. The fourth-order valence-corrected chi connectivity index (χ4v) is 3.22. The number of fused-ring (bicyclic) bond motifs is 1. The van der Waals surface area contributed by atoms with Crippen LogP contribution in [0.2, 0.25) is 0 Å².